The molecule has 5 nitrogen and oxygen atoms in total. The second-order valence-electron chi connectivity index (χ2n) is 6.36. The highest BCUT2D eigenvalue weighted by atomic mass is 16.2. The van der Waals surface area contributed by atoms with E-state index in [1.54, 1.807) is 6.92 Å². The molecule has 0 saturated carbocycles. The van der Waals surface area contributed by atoms with E-state index in [0.29, 0.717) is 0 Å². The minimum Gasteiger partial charge on any atom is -0.345 e. The molecule has 5 heteroatoms. The molecule has 0 saturated heterocycles. The molecule has 118 valence electrons. The van der Waals surface area contributed by atoms with Crippen molar-refractivity contribution in [2.24, 2.45) is 0 Å². The first-order chi connectivity index (χ1) is 10.1. The number of nitrogens with zero attached hydrogens (tertiary/aromatic N) is 1. The maximum Gasteiger partial charge on any atom is 0.243 e. The Labute approximate surface area is 131 Å². The van der Waals surface area contributed by atoms with Gasteiger partial charge in [0, 0.05) is 6.92 Å². The summed E-state index contributed by atoms with van der Waals surface area (Å²) in [5.74, 6) is -0.674. The van der Waals surface area contributed by atoms with Gasteiger partial charge >= 0.3 is 0 Å². The van der Waals surface area contributed by atoms with Crippen molar-refractivity contribution in [3.8, 4) is 6.07 Å². The zero-order chi connectivity index (χ0) is 16.9. The van der Waals surface area contributed by atoms with E-state index in [2.05, 4.69) is 37.5 Å². The van der Waals surface area contributed by atoms with E-state index in [9.17, 15) is 14.9 Å². The van der Waals surface area contributed by atoms with Gasteiger partial charge in [0.15, 0.2) is 0 Å². The van der Waals surface area contributed by atoms with Gasteiger partial charge in [-0.05, 0) is 23.5 Å². The molecule has 0 aliphatic carbocycles. The van der Waals surface area contributed by atoms with Gasteiger partial charge < -0.3 is 10.6 Å². The summed E-state index contributed by atoms with van der Waals surface area (Å²) in [4.78, 5) is 22.9. The molecule has 0 bridgehead atoms. The fourth-order valence-electron chi connectivity index (χ4n) is 2.00. The van der Waals surface area contributed by atoms with Gasteiger partial charge in [0.2, 0.25) is 11.8 Å². The first kappa shape index (κ1) is 17.7. The van der Waals surface area contributed by atoms with Crippen molar-refractivity contribution in [1.29, 1.82) is 5.26 Å². The van der Waals surface area contributed by atoms with Crippen molar-refractivity contribution >= 4 is 11.8 Å². The molecular weight excluding hydrogens is 278 g/mol. The van der Waals surface area contributed by atoms with Crippen molar-refractivity contribution in [2.45, 2.75) is 52.1 Å². The number of hydrogen-bond donors (Lipinski definition) is 2. The number of carbonyl (C=O) groups is 2. The first-order valence-corrected chi connectivity index (χ1v) is 7.22. The Hall–Kier alpha value is -2.35. The lowest BCUT2D eigenvalue weighted by Crippen LogP contribution is -2.45. The molecule has 0 aromatic heterocycles. The van der Waals surface area contributed by atoms with Gasteiger partial charge in [-0.2, -0.15) is 5.26 Å². The highest BCUT2D eigenvalue weighted by molar-refractivity contribution is 5.86. The van der Waals surface area contributed by atoms with E-state index in [1.165, 1.54) is 6.92 Å². The maximum atomic E-state index is 12.0. The molecule has 0 unspecified atom stereocenters. The summed E-state index contributed by atoms with van der Waals surface area (Å²) in [6.45, 7) is 9.26. The van der Waals surface area contributed by atoms with Gasteiger partial charge in [0.1, 0.15) is 12.1 Å². The lowest BCUT2D eigenvalue weighted by Gasteiger charge is -2.20. The Bertz CT molecular complexity index is 579. The molecule has 2 amide bonds. The Morgan fingerprint density at radius 3 is 2.09 bits per heavy atom. The van der Waals surface area contributed by atoms with Crippen molar-refractivity contribution in [3.63, 3.8) is 0 Å². The normalized spacial score (nSPS) is 13.6. The number of rotatable bonds is 4. The second-order valence-corrected chi connectivity index (χ2v) is 6.36. The molecule has 0 aliphatic rings. The van der Waals surface area contributed by atoms with Gasteiger partial charge in [-0.1, -0.05) is 45.0 Å². The van der Waals surface area contributed by atoms with Crippen molar-refractivity contribution in [2.75, 3.05) is 0 Å². The summed E-state index contributed by atoms with van der Waals surface area (Å²) in [7, 11) is 0. The van der Waals surface area contributed by atoms with Crippen LogP contribution in [0, 0.1) is 11.3 Å². The second kappa shape index (κ2) is 7.08. The topological polar surface area (TPSA) is 82.0 Å². The van der Waals surface area contributed by atoms with Crippen molar-refractivity contribution in [1.82, 2.24) is 10.6 Å². The molecule has 0 radical (unpaired) electrons. The summed E-state index contributed by atoms with van der Waals surface area (Å²) >= 11 is 0. The van der Waals surface area contributed by atoms with Crippen LogP contribution < -0.4 is 10.6 Å². The summed E-state index contributed by atoms with van der Waals surface area (Å²) in [5, 5.41) is 14.4. The van der Waals surface area contributed by atoms with Gasteiger partial charge in [-0.3, -0.25) is 9.59 Å². The maximum absolute atomic E-state index is 12.0. The van der Waals surface area contributed by atoms with E-state index in [4.69, 9.17) is 0 Å². The first-order valence-electron chi connectivity index (χ1n) is 7.22. The summed E-state index contributed by atoms with van der Waals surface area (Å²) in [6, 6.07) is 8.27. The number of amides is 2. The molecule has 0 fully saturated rings. The van der Waals surface area contributed by atoms with Crippen LogP contribution in [0.15, 0.2) is 24.3 Å². The Morgan fingerprint density at radius 1 is 1.14 bits per heavy atom. The molecule has 2 N–H and O–H groups in total. The third-order valence-corrected chi connectivity index (χ3v) is 3.34. The Balaban J connectivity index is 2.83. The van der Waals surface area contributed by atoms with Crippen LogP contribution in [-0.2, 0) is 15.0 Å². The molecule has 1 aromatic rings. The van der Waals surface area contributed by atoms with E-state index in [0.717, 1.165) is 11.1 Å². The van der Waals surface area contributed by atoms with Crippen LogP contribution in [0.1, 0.15) is 51.8 Å². The Kier molecular flexibility index (Phi) is 5.69. The van der Waals surface area contributed by atoms with Crippen LogP contribution in [-0.4, -0.2) is 17.9 Å². The van der Waals surface area contributed by atoms with Crippen LogP contribution in [0.5, 0.6) is 0 Å². The molecule has 0 heterocycles. The molecule has 1 rings (SSSR count). The highest BCUT2D eigenvalue weighted by Gasteiger charge is 2.20. The quantitative estimate of drug-likeness (QED) is 0.894. The molecule has 0 aliphatic heterocycles. The van der Waals surface area contributed by atoms with Gasteiger partial charge in [-0.25, -0.2) is 0 Å². The molecule has 2 atom stereocenters. The van der Waals surface area contributed by atoms with E-state index < -0.39 is 12.1 Å². The number of carbonyl (C=O) groups excluding carboxylic acids is 2. The molecule has 22 heavy (non-hydrogen) atoms. The minimum absolute atomic E-state index is 0.0316. The predicted molar refractivity (Wildman–Crippen MR) is 84.9 cm³/mol. The lowest BCUT2D eigenvalue weighted by molar-refractivity contribution is -0.127. The third-order valence-electron chi connectivity index (χ3n) is 3.34. The summed E-state index contributed by atoms with van der Waals surface area (Å²) in [6.07, 6.45) is 0. The predicted octanol–water partition coefficient (Wildman–Crippen LogP) is 2.19. The number of nitriles is 1. The molecule has 0 spiro atoms. The smallest absolute Gasteiger partial charge is 0.243 e. The van der Waals surface area contributed by atoms with Crippen LogP contribution >= 0.6 is 0 Å². The van der Waals surface area contributed by atoms with Crippen LogP contribution in [0.3, 0.4) is 0 Å². The fraction of sp³-hybridized carbons (Fsp3) is 0.471. The van der Waals surface area contributed by atoms with Crippen molar-refractivity contribution in [3.05, 3.63) is 35.4 Å². The monoisotopic (exact) mass is 301 g/mol. The standard InChI is InChI=1S/C17H23N3O2/c1-11(19-12(2)21)16(22)20-15(10-18)13-6-8-14(9-7-13)17(3,4)5/h6-9,11,15H,1-5H3,(H,19,21)(H,20,22)/t11-,15+/m1/s1. The number of hydrogen-bond acceptors (Lipinski definition) is 3. The van der Waals surface area contributed by atoms with E-state index in [1.807, 2.05) is 24.3 Å². The zero-order valence-corrected chi connectivity index (χ0v) is 13.7. The van der Waals surface area contributed by atoms with Gasteiger partial charge in [0.05, 0.1) is 6.07 Å². The van der Waals surface area contributed by atoms with Crippen LogP contribution in [0.4, 0.5) is 0 Å². The van der Waals surface area contributed by atoms with Gasteiger partial charge in [0.25, 0.3) is 0 Å². The fourth-order valence-corrected chi connectivity index (χ4v) is 2.00. The van der Waals surface area contributed by atoms with Crippen LogP contribution in [0.25, 0.3) is 0 Å². The minimum atomic E-state index is -0.738. The van der Waals surface area contributed by atoms with E-state index in [-0.39, 0.29) is 17.2 Å². The summed E-state index contributed by atoms with van der Waals surface area (Å²) < 4.78 is 0. The highest BCUT2D eigenvalue weighted by Crippen LogP contribution is 2.23. The largest absolute Gasteiger partial charge is 0.345 e. The molecular formula is C17H23N3O2. The Morgan fingerprint density at radius 2 is 1.68 bits per heavy atom. The van der Waals surface area contributed by atoms with E-state index >= 15 is 0 Å². The van der Waals surface area contributed by atoms with Crippen LogP contribution in [0.2, 0.25) is 0 Å². The summed E-state index contributed by atoms with van der Waals surface area (Å²) in [5.41, 5.74) is 1.91. The number of nitrogens with one attached hydrogen (secondary N) is 2. The average Bonchev–Trinajstić information content (AvgIpc) is 2.43. The van der Waals surface area contributed by atoms with Crippen molar-refractivity contribution < 1.29 is 9.59 Å². The number of benzene rings is 1. The lowest BCUT2D eigenvalue weighted by atomic mass is 9.86. The average molecular weight is 301 g/mol. The van der Waals surface area contributed by atoms with Gasteiger partial charge in [-0.15, -0.1) is 0 Å². The molecule has 1 aromatic carbocycles. The third kappa shape index (κ3) is 4.88. The SMILES string of the molecule is CC(=O)N[C@H](C)C(=O)N[C@@H](C#N)c1ccc(C(C)(C)C)cc1. The zero-order valence-electron chi connectivity index (χ0n) is 13.7.